The van der Waals surface area contributed by atoms with Crippen LogP contribution in [0.1, 0.15) is 50.7 Å². The molecule has 1 amide bonds. The molecule has 3 aromatic rings. The molecule has 6 nitrogen and oxygen atoms in total. The van der Waals surface area contributed by atoms with Crippen molar-refractivity contribution in [3.8, 4) is 0 Å². The number of hydrogen-bond donors (Lipinski definition) is 1. The first kappa shape index (κ1) is 21.4. The van der Waals surface area contributed by atoms with Crippen molar-refractivity contribution in [3.05, 3.63) is 76.6 Å². The van der Waals surface area contributed by atoms with Crippen molar-refractivity contribution in [2.24, 2.45) is 0 Å². The SMILES string of the molecule is CC(CCCc1cccnc1)NC(=O)C=Cn1cnc2ccc(C(C)C)cc2c1=O. The lowest BCUT2D eigenvalue weighted by Crippen LogP contribution is -2.31. The van der Waals surface area contributed by atoms with E-state index in [-0.39, 0.29) is 17.5 Å². The van der Waals surface area contributed by atoms with Gasteiger partial charge in [-0.05, 0) is 61.4 Å². The molecule has 0 aliphatic heterocycles. The maximum absolute atomic E-state index is 12.7. The van der Waals surface area contributed by atoms with E-state index in [2.05, 4.69) is 35.2 Å². The summed E-state index contributed by atoms with van der Waals surface area (Å²) in [6.07, 6.45) is 10.7. The average molecular weight is 405 g/mol. The lowest BCUT2D eigenvalue weighted by Gasteiger charge is -2.12. The molecule has 6 heteroatoms. The largest absolute Gasteiger partial charge is 0.350 e. The molecule has 3 rings (SSSR count). The number of aryl methyl sites for hydroxylation is 1. The Bertz CT molecular complexity index is 1090. The summed E-state index contributed by atoms with van der Waals surface area (Å²) in [5.74, 6) is 0.0928. The molecule has 1 unspecified atom stereocenters. The Morgan fingerprint density at radius 1 is 1.23 bits per heavy atom. The summed E-state index contributed by atoms with van der Waals surface area (Å²) in [5, 5.41) is 3.49. The van der Waals surface area contributed by atoms with E-state index in [1.165, 1.54) is 28.7 Å². The molecule has 0 saturated heterocycles. The molecule has 0 fully saturated rings. The second kappa shape index (κ2) is 9.96. The molecule has 156 valence electrons. The van der Waals surface area contributed by atoms with Crippen LogP contribution in [-0.2, 0) is 11.2 Å². The van der Waals surface area contributed by atoms with Gasteiger partial charge in [0.1, 0.15) is 6.33 Å². The molecule has 1 aromatic carbocycles. The molecule has 0 aliphatic carbocycles. The normalized spacial score (nSPS) is 12.5. The number of benzene rings is 1. The highest BCUT2D eigenvalue weighted by atomic mass is 16.1. The molecule has 1 N–H and O–H groups in total. The maximum atomic E-state index is 12.7. The summed E-state index contributed by atoms with van der Waals surface area (Å²) in [5.41, 5.74) is 2.75. The first-order chi connectivity index (χ1) is 14.4. The van der Waals surface area contributed by atoms with Crippen LogP contribution in [0.3, 0.4) is 0 Å². The van der Waals surface area contributed by atoms with E-state index in [4.69, 9.17) is 0 Å². The smallest absolute Gasteiger partial charge is 0.265 e. The third kappa shape index (κ3) is 5.63. The van der Waals surface area contributed by atoms with Gasteiger partial charge in [-0.15, -0.1) is 0 Å². The molecular weight excluding hydrogens is 376 g/mol. The van der Waals surface area contributed by atoms with Crippen LogP contribution < -0.4 is 10.9 Å². The van der Waals surface area contributed by atoms with E-state index in [0.29, 0.717) is 16.8 Å². The molecule has 1 atom stereocenters. The molecule has 30 heavy (non-hydrogen) atoms. The van der Waals surface area contributed by atoms with Crippen LogP contribution in [0.2, 0.25) is 0 Å². The van der Waals surface area contributed by atoms with Crippen molar-refractivity contribution in [1.82, 2.24) is 19.9 Å². The summed E-state index contributed by atoms with van der Waals surface area (Å²) >= 11 is 0. The number of pyridine rings is 1. The summed E-state index contributed by atoms with van der Waals surface area (Å²) < 4.78 is 1.35. The Kier molecular flexibility index (Phi) is 7.12. The summed E-state index contributed by atoms with van der Waals surface area (Å²) in [7, 11) is 0. The van der Waals surface area contributed by atoms with Crippen molar-refractivity contribution >= 4 is 23.0 Å². The number of carbonyl (C=O) groups excluding carboxylic acids is 1. The summed E-state index contributed by atoms with van der Waals surface area (Å²) in [6, 6.07) is 9.75. The van der Waals surface area contributed by atoms with Crippen molar-refractivity contribution in [2.75, 3.05) is 0 Å². The van der Waals surface area contributed by atoms with Gasteiger partial charge in [0, 0.05) is 30.7 Å². The standard InChI is InChI=1S/C24H28N4O2/c1-17(2)20-9-10-22-21(14-20)24(30)28(16-26-22)13-11-23(29)27-18(3)6-4-7-19-8-5-12-25-15-19/h5,8-18H,4,6-7H2,1-3H3,(H,27,29). The van der Waals surface area contributed by atoms with E-state index >= 15 is 0 Å². The molecule has 0 aliphatic rings. The predicted molar refractivity (Wildman–Crippen MR) is 120 cm³/mol. The van der Waals surface area contributed by atoms with Crippen molar-refractivity contribution < 1.29 is 4.79 Å². The molecule has 2 aromatic heterocycles. The molecular formula is C24H28N4O2. The number of nitrogens with zero attached hydrogens (tertiary/aromatic N) is 3. The third-order valence-corrected chi connectivity index (χ3v) is 5.07. The van der Waals surface area contributed by atoms with Gasteiger partial charge < -0.3 is 5.32 Å². The van der Waals surface area contributed by atoms with Gasteiger partial charge in [-0.1, -0.05) is 26.0 Å². The second-order valence-corrected chi connectivity index (χ2v) is 7.87. The van der Waals surface area contributed by atoms with Crippen LogP contribution >= 0.6 is 0 Å². The zero-order chi connectivity index (χ0) is 21.5. The Balaban J connectivity index is 1.59. The number of amides is 1. The molecule has 0 radical (unpaired) electrons. The minimum Gasteiger partial charge on any atom is -0.350 e. The van der Waals surface area contributed by atoms with Gasteiger partial charge in [-0.2, -0.15) is 0 Å². The summed E-state index contributed by atoms with van der Waals surface area (Å²) in [6.45, 7) is 6.14. The minimum atomic E-state index is -0.230. The quantitative estimate of drug-likeness (QED) is 0.578. The third-order valence-electron chi connectivity index (χ3n) is 5.07. The molecule has 0 saturated carbocycles. The Morgan fingerprint density at radius 3 is 2.80 bits per heavy atom. The molecule has 0 bridgehead atoms. The Morgan fingerprint density at radius 2 is 2.07 bits per heavy atom. The van der Waals surface area contributed by atoms with Crippen LogP contribution in [-0.4, -0.2) is 26.5 Å². The molecule has 0 spiro atoms. The number of fused-ring (bicyclic) bond motifs is 1. The van der Waals surface area contributed by atoms with Crippen LogP contribution in [0.15, 0.2) is 59.9 Å². The zero-order valence-electron chi connectivity index (χ0n) is 17.7. The second-order valence-electron chi connectivity index (χ2n) is 7.87. The number of hydrogen-bond acceptors (Lipinski definition) is 4. The topological polar surface area (TPSA) is 76.9 Å². The number of carbonyl (C=O) groups is 1. The molecule has 2 heterocycles. The fourth-order valence-electron chi connectivity index (χ4n) is 3.29. The first-order valence-corrected chi connectivity index (χ1v) is 10.3. The van der Waals surface area contributed by atoms with Crippen molar-refractivity contribution in [1.29, 1.82) is 0 Å². The van der Waals surface area contributed by atoms with Crippen LogP contribution in [0.5, 0.6) is 0 Å². The van der Waals surface area contributed by atoms with Crippen LogP contribution in [0.25, 0.3) is 17.1 Å². The van der Waals surface area contributed by atoms with Gasteiger partial charge in [-0.25, -0.2) is 4.98 Å². The highest BCUT2D eigenvalue weighted by Gasteiger charge is 2.08. The number of nitrogens with one attached hydrogen (secondary N) is 1. The van der Waals surface area contributed by atoms with E-state index in [1.807, 2.05) is 37.4 Å². The van der Waals surface area contributed by atoms with Gasteiger partial charge in [0.25, 0.3) is 5.56 Å². The van der Waals surface area contributed by atoms with E-state index in [1.54, 1.807) is 6.20 Å². The summed E-state index contributed by atoms with van der Waals surface area (Å²) in [4.78, 5) is 33.4. The van der Waals surface area contributed by atoms with Crippen LogP contribution in [0, 0.1) is 0 Å². The fraction of sp³-hybridized carbons (Fsp3) is 0.333. The van der Waals surface area contributed by atoms with Gasteiger partial charge in [0.05, 0.1) is 10.9 Å². The fourth-order valence-corrected chi connectivity index (χ4v) is 3.29. The van der Waals surface area contributed by atoms with Gasteiger partial charge in [0.15, 0.2) is 0 Å². The van der Waals surface area contributed by atoms with Crippen LogP contribution in [0.4, 0.5) is 0 Å². The number of rotatable bonds is 8. The van der Waals surface area contributed by atoms with E-state index in [9.17, 15) is 9.59 Å². The maximum Gasteiger partial charge on any atom is 0.265 e. The lowest BCUT2D eigenvalue weighted by atomic mass is 10.0. The van der Waals surface area contributed by atoms with E-state index < -0.39 is 0 Å². The van der Waals surface area contributed by atoms with Gasteiger partial charge in [0.2, 0.25) is 5.91 Å². The van der Waals surface area contributed by atoms with Gasteiger partial charge in [-0.3, -0.25) is 19.1 Å². The highest BCUT2D eigenvalue weighted by Crippen LogP contribution is 2.17. The zero-order valence-corrected chi connectivity index (χ0v) is 17.7. The van der Waals surface area contributed by atoms with Gasteiger partial charge >= 0.3 is 0 Å². The Hall–Kier alpha value is -3.28. The lowest BCUT2D eigenvalue weighted by molar-refractivity contribution is -0.117. The van der Waals surface area contributed by atoms with Crippen molar-refractivity contribution in [3.63, 3.8) is 0 Å². The first-order valence-electron chi connectivity index (χ1n) is 10.3. The minimum absolute atomic E-state index is 0.0406. The average Bonchev–Trinajstić information content (AvgIpc) is 2.74. The predicted octanol–water partition coefficient (Wildman–Crippen LogP) is 3.91. The highest BCUT2D eigenvalue weighted by molar-refractivity contribution is 5.90. The monoisotopic (exact) mass is 404 g/mol. The van der Waals surface area contributed by atoms with E-state index in [0.717, 1.165) is 24.8 Å². The number of aromatic nitrogens is 3. The van der Waals surface area contributed by atoms with Crippen molar-refractivity contribution in [2.45, 2.75) is 52.0 Å². The Labute approximate surface area is 176 Å².